The molecule has 0 aliphatic heterocycles. The zero-order chi connectivity index (χ0) is 10.7. The monoisotopic (exact) mass is 193 g/mol. The van der Waals surface area contributed by atoms with Crippen molar-refractivity contribution < 1.29 is 9.53 Å². The van der Waals surface area contributed by atoms with E-state index >= 15 is 0 Å². The van der Waals surface area contributed by atoms with Crippen LogP contribution in [0.2, 0.25) is 0 Å². The molecule has 1 aromatic carbocycles. The van der Waals surface area contributed by atoms with Crippen molar-refractivity contribution in [2.45, 2.75) is 19.9 Å². The summed E-state index contributed by atoms with van der Waals surface area (Å²) in [6, 6.07) is 5.33. The molecule has 0 aliphatic carbocycles. The molecule has 0 heterocycles. The van der Waals surface area contributed by atoms with Gasteiger partial charge in [0.05, 0.1) is 12.7 Å². The minimum absolute atomic E-state index is 0.162. The fourth-order valence-corrected chi connectivity index (χ4v) is 1.57. The third-order valence-electron chi connectivity index (χ3n) is 2.18. The van der Waals surface area contributed by atoms with Gasteiger partial charge in [0, 0.05) is 6.04 Å². The van der Waals surface area contributed by atoms with Crippen LogP contribution in [0.25, 0.3) is 0 Å². The van der Waals surface area contributed by atoms with E-state index in [-0.39, 0.29) is 12.0 Å². The molecule has 0 amide bonds. The molecular formula is C11H15NO2. The van der Waals surface area contributed by atoms with Crippen LogP contribution in [0, 0.1) is 6.92 Å². The maximum atomic E-state index is 11.4. The normalized spacial score (nSPS) is 12.3. The Balaban J connectivity index is 3.28. The highest BCUT2D eigenvalue weighted by molar-refractivity contribution is 5.91. The van der Waals surface area contributed by atoms with Crippen molar-refractivity contribution in [3.05, 3.63) is 34.9 Å². The number of hydrogen-bond donors (Lipinski definition) is 1. The van der Waals surface area contributed by atoms with Crippen LogP contribution in [0.1, 0.15) is 34.5 Å². The number of carbonyl (C=O) groups is 1. The Morgan fingerprint density at radius 3 is 2.64 bits per heavy atom. The highest BCUT2D eigenvalue weighted by atomic mass is 16.5. The molecule has 14 heavy (non-hydrogen) atoms. The van der Waals surface area contributed by atoms with Gasteiger partial charge in [-0.3, -0.25) is 0 Å². The lowest BCUT2D eigenvalue weighted by molar-refractivity contribution is 0.0599. The zero-order valence-electron chi connectivity index (χ0n) is 8.70. The second-order valence-electron chi connectivity index (χ2n) is 3.32. The number of ether oxygens (including phenoxy) is 1. The molecule has 0 bridgehead atoms. The average molecular weight is 193 g/mol. The number of benzene rings is 1. The molecule has 1 rings (SSSR count). The van der Waals surface area contributed by atoms with E-state index in [9.17, 15) is 4.79 Å². The Morgan fingerprint density at radius 2 is 2.14 bits per heavy atom. The largest absolute Gasteiger partial charge is 0.465 e. The molecule has 3 heteroatoms. The van der Waals surface area contributed by atoms with E-state index < -0.39 is 0 Å². The molecule has 3 nitrogen and oxygen atoms in total. The second kappa shape index (κ2) is 4.24. The van der Waals surface area contributed by atoms with Gasteiger partial charge in [-0.2, -0.15) is 0 Å². The SMILES string of the molecule is COC(=O)c1cccc(C)c1C(C)N. The van der Waals surface area contributed by atoms with Crippen molar-refractivity contribution in [2.24, 2.45) is 5.73 Å². The third-order valence-corrected chi connectivity index (χ3v) is 2.18. The van der Waals surface area contributed by atoms with E-state index in [1.165, 1.54) is 7.11 Å². The number of nitrogens with two attached hydrogens (primary N) is 1. The second-order valence-corrected chi connectivity index (χ2v) is 3.32. The third kappa shape index (κ3) is 1.93. The molecule has 0 saturated carbocycles. The van der Waals surface area contributed by atoms with E-state index in [1.54, 1.807) is 6.07 Å². The molecule has 0 saturated heterocycles. The molecule has 0 fully saturated rings. The lowest BCUT2D eigenvalue weighted by Gasteiger charge is -2.13. The van der Waals surface area contributed by atoms with Gasteiger partial charge < -0.3 is 10.5 Å². The molecule has 0 aliphatic rings. The Hall–Kier alpha value is -1.35. The maximum Gasteiger partial charge on any atom is 0.338 e. The number of methoxy groups -OCH3 is 1. The van der Waals surface area contributed by atoms with Crippen LogP contribution >= 0.6 is 0 Å². The van der Waals surface area contributed by atoms with Crippen molar-refractivity contribution in [1.29, 1.82) is 0 Å². The predicted octanol–water partition coefficient (Wildman–Crippen LogP) is 1.80. The Labute approximate surface area is 83.9 Å². The van der Waals surface area contributed by atoms with Gasteiger partial charge >= 0.3 is 5.97 Å². The highest BCUT2D eigenvalue weighted by Crippen LogP contribution is 2.20. The van der Waals surface area contributed by atoms with Crippen LogP contribution in [0.5, 0.6) is 0 Å². The van der Waals surface area contributed by atoms with Gasteiger partial charge in [-0.05, 0) is 31.0 Å². The average Bonchev–Trinajstić information content (AvgIpc) is 2.15. The van der Waals surface area contributed by atoms with E-state index in [1.807, 2.05) is 26.0 Å². The fourth-order valence-electron chi connectivity index (χ4n) is 1.57. The summed E-state index contributed by atoms with van der Waals surface area (Å²) in [7, 11) is 1.37. The van der Waals surface area contributed by atoms with Crippen molar-refractivity contribution >= 4 is 5.97 Å². The first kappa shape index (κ1) is 10.7. The standard InChI is InChI=1S/C11H15NO2/c1-7-5-4-6-9(11(13)14-3)10(7)8(2)12/h4-6,8H,12H2,1-3H3. The van der Waals surface area contributed by atoms with Crippen LogP contribution in [-0.2, 0) is 4.74 Å². The molecule has 2 N–H and O–H groups in total. The molecule has 0 radical (unpaired) electrons. The zero-order valence-corrected chi connectivity index (χ0v) is 8.70. The van der Waals surface area contributed by atoms with Gasteiger partial charge in [-0.25, -0.2) is 4.79 Å². The molecule has 1 atom stereocenters. The topological polar surface area (TPSA) is 52.3 Å². The lowest BCUT2D eigenvalue weighted by Crippen LogP contribution is -2.14. The quantitative estimate of drug-likeness (QED) is 0.729. The summed E-state index contributed by atoms with van der Waals surface area (Å²) in [5.41, 5.74) is 8.24. The van der Waals surface area contributed by atoms with E-state index in [0.717, 1.165) is 11.1 Å². The summed E-state index contributed by atoms with van der Waals surface area (Å²) < 4.78 is 4.69. The van der Waals surface area contributed by atoms with E-state index in [2.05, 4.69) is 4.74 Å². The first-order chi connectivity index (χ1) is 6.57. The van der Waals surface area contributed by atoms with Gasteiger partial charge in [0.1, 0.15) is 0 Å². The summed E-state index contributed by atoms with van der Waals surface area (Å²) in [5, 5.41) is 0. The minimum atomic E-state index is -0.332. The van der Waals surface area contributed by atoms with Crippen LogP contribution < -0.4 is 5.73 Å². The van der Waals surface area contributed by atoms with Crippen LogP contribution in [-0.4, -0.2) is 13.1 Å². The number of hydrogen-bond acceptors (Lipinski definition) is 3. The Bertz CT molecular complexity index is 345. The van der Waals surface area contributed by atoms with Crippen molar-refractivity contribution in [2.75, 3.05) is 7.11 Å². The van der Waals surface area contributed by atoms with E-state index in [0.29, 0.717) is 5.56 Å². The number of rotatable bonds is 2. The lowest BCUT2D eigenvalue weighted by atomic mass is 9.97. The van der Waals surface area contributed by atoms with Gasteiger partial charge in [-0.1, -0.05) is 12.1 Å². The Kier molecular flexibility index (Phi) is 3.25. The first-order valence-corrected chi connectivity index (χ1v) is 4.51. The minimum Gasteiger partial charge on any atom is -0.465 e. The van der Waals surface area contributed by atoms with Crippen molar-refractivity contribution in [3.8, 4) is 0 Å². The van der Waals surface area contributed by atoms with E-state index in [4.69, 9.17) is 5.73 Å². The summed E-state index contributed by atoms with van der Waals surface area (Å²) in [6.45, 7) is 3.79. The molecular weight excluding hydrogens is 178 g/mol. The van der Waals surface area contributed by atoms with Gasteiger partial charge in [0.2, 0.25) is 0 Å². The molecule has 1 aromatic rings. The van der Waals surface area contributed by atoms with Crippen molar-refractivity contribution in [3.63, 3.8) is 0 Å². The summed E-state index contributed by atoms with van der Waals surface area (Å²) in [5.74, 6) is -0.332. The van der Waals surface area contributed by atoms with Crippen LogP contribution in [0.3, 0.4) is 0 Å². The Morgan fingerprint density at radius 1 is 1.50 bits per heavy atom. The molecule has 0 spiro atoms. The number of aryl methyl sites for hydroxylation is 1. The predicted molar refractivity (Wildman–Crippen MR) is 55.1 cm³/mol. The van der Waals surface area contributed by atoms with Crippen LogP contribution in [0.4, 0.5) is 0 Å². The van der Waals surface area contributed by atoms with Gasteiger partial charge in [0.25, 0.3) is 0 Å². The van der Waals surface area contributed by atoms with Crippen molar-refractivity contribution in [1.82, 2.24) is 0 Å². The molecule has 76 valence electrons. The van der Waals surface area contributed by atoms with Gasteiger partial charge in [-0.15, -0.1) is 0 Å². The summed E-state index contributed by atoms with van der Waals surface area (Å²) in [4.78, 5) is 11.4. The molecule has 1 unspecified atom stereocenters. The summed E-state index contributed by atoms with van der Waals surface area (Å²) in [6.07, 6.45) is 0. The smallest absolute Gasteiger partial charge is 0.338 e. The van der Waals surface area contributed by atoms with Gasteiger partial charge in [0.15, 0.2) is 0 Å². The number of carbonyl (C=O) groups excluding carboxylic acids is 1. The first-order valence-electron chi connectivity index (χ1n) is 4.51. The number of esters is 1. The fraction of sp³-hybridized carbons (Fsp3) is 0.364. The maximum absolute atomic E-state index is 11.4. The molecule has 0 aromatic heterocycles. The van der Waals surface area contributed by atoms with Crippen LogP contribution in [0.15, 0.2) is 18.2 Å². The highest BCUT2D eigenvalue weighted by Gasteiger charge is 2.15. The summed E-state index contributed by atoms with van der Waals surface area (Å²) >= 11 is 0.